The number of nitrogens with zero attached hydrogens (tertiary/aromatic N) is 3. The zero-order valence-corrected chi connectivity index (χ0v) is 12.7. The van der Waals surface area contributed by atoms with Crippen LogP contribution < -0.4 is 5.56 Å². The molecule has 22 heavy (non-hydrogen) atoms. The van der Waals surface area contributed by atoms with Crippen molar-refractivity contribution >= 4 is 5.91 Å². The van der Waals surface area contributed by atoms with E-state index in [-0.39, 0.29) is 11.5 Å². The standard InChI is InChI=1S/C16H18N4O2/c1-11-9-13(21)19-15(18-11)16(2)6-4-8-20(16)14(22)12-5-3-7-17-10-12/h3,5,7,9-10H,4,6,8H2,1-2H3,(H,18,19,21). The molecule has 0 saturated carbocycles. The molecule has 0 spiro atoms. The minimum Gasteiger partial charge on any atom is -0.326 e. The second-order valence-corrected chi connectivity index (χ2v) is 5.81. The highest BCUT2D eigenvalue weighted by molar-refractivity contribution is 5.94. The van der Waals surface area contributed by atoms with Crippen molar-refractivity contribution in [3.05, 3.63) is 58.0 Å². The van der Waals surface area contributed by atoms with Gasteiger partial charge in [-0.1, -0.05) is 0 Å². The molecule has 114 valence electrons. The molecule has 1 fully saturated rings. The van der Waals surface area contributed by atoms with Gasteiger partial charge in [-0.25, -0.2) is 4.98 Å². The first-order valence-corrected chi connectivity index (χ1v) is 7.31. The molecule has 3 heterocycles. The fourth-order valence-corrected chi connectivity index (χ4v) is 3.01. The molecule has 0 aliphatic carbocycles. The summed E-state index contributed by atoms with van der Waals surface area (Å²) in [6.45, 7) is 4.37. The average molecular weight is 298 g/mol. The Bertz CT molecular complexity index is 756. The third-order valence-corrected chi connectivity index (χ3v) is 4.17. The summed E-state index contributed by atoms with van der Waals surface area (Å²) in [7, 11) is 0. The van der Waals surface area contributed by atoms with Gasteiger partial charge in [-0.05, 0) is 38.8 Å². The summed E-state index contributed by atoms with van der Waals surface area (Å²) >= 11 is 0. The molecule has 2 aromatic rings. The van der Waals surface area contributed by atoms with Gasteiger partial charge in [0.25, 0.3) is 11.5 Å². The molecule has 3 rings (SSSR count). The highest BCUT2D eigenvalue weighted by Gasteiger charge is 2.43. The Morgan fingerprint density at radius 2 is 2.27 bits per heavy atom. The fraction of sp³-hybridized carbons (Fsp3) is 0.375. The van der Waals surface area contributed by atoms with Crippen molar-refractivity contribution in [2.24, 2.45) is 0 Å². The minimum absolute atomic E-state index is 0.0859. The molecule has 1 N–H and O–H groups in total. The maximum Gasteiger partial charge on any atom is 0.256 e. The SMILES string of the molecule is Cc1cc(=O)[nH]c(C2(C)CCCN2C(=O)c2cccnc2)n1. The van der Waals surface area contributed by atoms with E-state index in [0.29, 0.717) is 23.6 Å². The van der Waals surface area contributed by atoms with E-state index >= 15 is 0 Å². The molecular formula is C16H18N4O2. The van der Waals surface area contributed by atoms with Crippen molar-refractivity contribution in [3.63, 3.8) is 0 Å². The maximum absolute atomic E-state index is 12.8. The van der Waals surface area contributed by atoms with Crippen LogP contribution in [-0.4, -0.2) is 32.3 Å². The van der Waals surface area contributed by atoms with Crippen molar-refractivity contribution in [1.82, 2.24) is 19.9 Å². The predicted molar refractivity (Wildman–Crippen MR) is 81.5 cm³/mol. The fourth-order valence-electron chi connectivity index (χ4n) is 3.01. The number of carbonyl (C=O) groups is 1. The maximum atomic E-state index is 12.8. The number of aryl methyl sites for hydroxylation is 1. The lowest BCUT2D eigenvalue weighted by atomic mass is 9.97. The van der Waals surface area contributed by atoms with Gasteiger partial charge in [0.2, 0.25) is 0 Å². The van der Waals surface area contributed by atoms with E-state index in [0.717, 1.165) is 12.8 Å². The monoisotopic (exact) mass is 298 g/mol. The van der Waals surface area contributed by atoms with Gasteiger partial charge in [-0.2, -0.15) is 0 Å². The number of pyridine rings is 1. The van der Waals surface area contributed by atoms with Gasteiger partial charge in [-0.15, -0.1) is 0 Å². The van der Waals surface area contributed by atoms with E-state index in [9.17, 15) is 9.59 Å². The third kappa shape index (κ3) is 2.41. The molecule has 6 heteroatoms. The Hall–Kier alpha value is -2.50. The summed E-state index contributed by atoms with van der Waals surface area (Å²) < 4.78 is 0. The van der Waals surface area contributed by atoms with Crippen molar-refractivity contribution in [2.75, 3.05) is 6.54 Å². The molecule has 1 aliphatic heterocycles. The first-order chi connectivity index (χ1) is 10.5. The van der Waals surface area contributed by atoms with Crippen molar-refractivity contribution in [2.45, 2.75) is 32.2 Å². The zero-order valence-electron chi connectivity index (χ0n) is 12.7. The van der Waals surface area contributed by atoms with E-state index in [1.807, 2.05) is 6.92 Å². The van der Waals surface area contributed by atoms with Gasteiger partial charge in [-0.3, -0.25) is 14.6 Å². The van der Waals surface area contributed by atoms with E-state index in [2.05, 4.69) is 15.0 Å². The quantitative estimate of drug-likeness (QED) is 0.914. The van der Waals surface area contributed by atoms with Crippen molar-refractivity contribution in [3.8, 4) is 0 Å². The average Bonchev–Trinajstić information content (AvgIpc) is 2.90. The number of carbonyl (C=O) groups excluding carboxylic acids is 1. The third-order valence-electron chi connectivity index (χ3n) is 4.17. The summed E-state index contributed by atoms with van der Waals surface area (Å²) in [5, 5.41) is 0. The molecule has 1 saturated heterocycles. The van der Waals surface area contributed by atoms with Gasteiger partial charge in [0.15, 0.2) is 0 Å². The van der Waals surface area contributed by atoms with Gasteiger partial charge >= 0.3 is 0 Å². The van der Waals surface area contributed by atoms with Crippen LogP contribution in [0.15, 0.2) is 35.4 Å². The summed E-state index contributed by atoms with van der Waals surface area (Å²) in [5.41, 5.74) is 0.411. The second kappa shape index (κ2) is 5.36. The molecule has 0 radical (unpaired) electrons. The van der Waals surface area contributed by atoms with E-state index in [4.69, 9.17) is 0 Å². The van der Waals surface area contributed by atoms with Crippen LogP contribution in [0.3, 0.4) is 0 Å². The number of hydrogen-bond acceptors (Lipinski definition) is 4. The van der Waals surface area contributed by atoms with Crippen LogP contribution in [0.1, 0.15) is 41.6 Å². The number of amides is 1. The van der Waals surface area contributed by atoms with Crippen molar-refractivity contribution < 1.29 is 4.79 Å². The lowest BCUT2D eigenvalue weighted by molar-refractivity contribution is 0.0602. The first-order valence-electron chi connectivity index (χ1n) is 7.31. The highest BCUT2D eigenvalue weighted by atomic mass is 16.2. The summed E-state index contributed by atoms with van der Waals surface area (Å²) in [6.07, 6.45) is 4.85. The smallest absolute Gasteiger partial charge is 0.256 e. The molecule has 1 unspecified atom stereocenters. The number of H-pyrrole nitrogens is 1. The Labute approximate surface area is 128 Å². The van der Waals surface area contributed by atoms with Crippen molar-refractivity contribution in [1.29, 1.82) is 0 Å². The topological polar surface area (TPSA) is 79.0 Å². The van der Waals surface area contributed by atoms with Crippen LogP contribution in [0.2, 0.25) is 0 Å². The Morgan fingerprint density at radius 1 is 1.45 bits per heavy atom. The number of nitrogens with one attached hydrogen (secondary N) is 1. The lowest BCUT2D eigenvalue weighted by Crippen LogP contribution is -2.45. The van der Waals surface area contributed by atoms with Crippen LogP contribution >= 0.6 is 0 Å². The zero-order chi connectivity index (χ0) is 15.7. The number of aromatic amines is 1. The van der Waals surface area contributed by atoms with Crippen LogP contribution in [0.25, 0.3) is 0 Å². The second-order valence-electron chi connectivity index (χ2n) is 5.81. The summed E-state index contributed by atoms with van der Waals surface area (Å²) in [5.74, 6) is 0.462. The molecule has 2 aromatic heterocycles. The van der Waals surface area contributed by atoms with E-state index < -0.39 is 5.54 Å². The lowest BCUT2D eigenvalue weighted by Gasteiger charge is -2.34. The van der Waals surface area contributed by atoms with Gasteiger partial charge in [0, 0.05) is 30.7 Å². The Kier molecular flexibility index (Phi) is 3.52. The Morgan fingerprint density at radius 3 is 2.95 bits per heavy atom. The molecule has 1 amide bonds. The summed E-state index contributed by atoms with van der Waals surface area (Å²) in [6, 6.07) is 4.95. The normalized spacial score (nSPS) is 21.1. The van der Waals surface area contributed by atoms with E-state index in [1.54, 1.807) is 36.4 Å². The van der Waals surface area contributed by atoms with Crippen LogP contribution in [0, 0.1) is 6.92 Å². The number of rotatable bonds is 2. The molecule has 1 atom stereocenters. The first kappa shape index (κ1) is 14.4. The van der Waals surface area contributed by atoms with Gasteiger partial charge in [0.05, 0.1) is 11.1 Å². The molecule has 1 aliphatic rings. The predicted octanol–water partition coefficient (Wildman–Crippen LogP) is 1.62. The van der Waals surface area contributed by atoms with Crippen LogP contribution in [0.4, 0.5) is 0 Å². The molecule has 0 bridgehead atoms. The van der Waals surface area contributed by atoms with Gasteiger partial charge in [0.1, 0.15) is 5.82 Å². The van der Waals surface area contributed by atoms with E-state index in [1.165, 1.54) is 6.07 Å². The number of likely N-dealkylation sites (tertiary alicyclic amines) is 1. The summed E-state index contributed by atoms with van der Waals surface area (Å²) in [4.78, 5) is 37.5. The molecule has 0 aromatic carbocycles. The molecular weight excluding hydrogens is 280 g/mol. The van der Waals surface area contributed by atoms with Crippen LogP contribution in [0.5, 0.6) is 0 Å². The highest BCUT2D eigenvalue weighted by Crippen LogP contribution is 2.37. The van der Waals surface area contributed by atoms with Crippen LogP contribution in [-0.2, 0) is 5.54 Å². The van der Waals surface area contributed by atoms with Gasteiger partial charge < -0.3 is 9.88 Å². The number of aromatic nitrogens is 3. The Balaban J connectivity index is 2.01. The number of hydrogen-bond donors (Lipinski definition) is 1. The molecule has 6 nitrogen and oxygen atoms in total. The largest absolute Gasteiger partial charge is 0.326 e. The minimum atomic E-state index is -0.599.